The smallest absolute Gasteiger partial charge is 0.166 e. The van der Waals surface area contributed by atoms with Crippen molar-refractivity contribution in [2.75, 3.05) is 49.6 Å². The Morgan fingerprint density at radius 1 is 1.10 bits per heavy atom. The van der Waals surface area contributed by atoms with E-state index in [2.05, 4.69) is 32.9 Å². The molecule has 40 heavy (non-hydrogen) atoms. The number of hydrogen-bond donors (Lipinski definition) is 2. The predicted molar refractivity (Wildman–Crippen MR) is 149 cm³/mol. The standard InChI is InChI=1S/C29H29F2N9/c1-38-9-11-39(12-10-38)26-15-24-23(13-18(26)16-32)35-29(36-24)21(17-33)28-34-7-6-27(37-28)40-8-2-3-25(40)20-14-19(30)4-5-22(20)31/h4-7,13-15,17,25H,2-3,8-12,33H2,1H3,(H,35,36)/t25-/m1/s1. The van der Waals surface area contributed by atoms with Crippen LogP contribution in [0, 0.1) is 23.0 Å². The molecular weight excluding hydrogens is 512 g/mol. The molecular formula is C29H29F2N9. The van der Waals surface area contributed by atoms with E-state index >= 15 is 0 Å². The number of fused-ring (bicyclic) bond motifs is 1. The van der Waals surface area contributed by atoms with E-state index in [1.54, 1.807) is 12.3 Å². The van der Waals surface area contributed by atoms with Crippen molar-refractivity contribution < 1.29 is 8.78 Å². The van der Waals surface area contributed by atoms with Crippen molar-refractivity contribution in [1.29, 1.82) is 5.26 Å². The number of piperazine rings is 1. The number of anilines is 2. The van der Waals surface area contributed by atoms with Gasteiger partial charge in [-0.3, -0.25) is 0 Å². The van der Waals surface area contributed by atoms with Crippen molar-refractivity contribution in [3.05, 3.63) is 83.2 Å². The Labute approximate surface area is 230 Å². The fourth-order valence-corrected chi connectivity index (χ4v) is 5.60. The minimum atomic E-state index is -0.472. The normalized spacial score (nSPS) is 18.4. The maximum atomic E-state index is 14.6. The maximum Gasteiger partial charge on any atom is 0.166 e. The summed E-state index contributed by atoms with van der Waals surface area (Å²) in [5.74, 6) is 0.508. The summed E-state index contributed by atoms with van der Waals surface area (Å²) in [5.41, 5.74) is 9.72. The lowest BCUT2D eigenvalue weighted by Crippen LogP contribution is -2.44. The van der Waals surface area contributed by atoms with Gasteiger partial charge in [0.25, 0.3) is 0 Å². The highest BCUT2D eigenvalue weighted by molar-refractivity contribution is 5.87. The minimum Gasteiger partial charge on any atom is -0.404 e. The molecule has 2 aliphatic rings. The van der Waals surface area contributed by atoms with E-state index in [1.165, 1.54) is 12.3 Å². The Morgan fingerprint density at radius 2 is 1.93 bits per heavy atom. The summed E-state index contributed by atoms with van der Waals surface area (Å²) in [6.07, 6.45) is 4.53. The number of rotatable bonds is 5. The molecule has 0 spiro atoms. The first-order valence-corrected chi connectivity index (χ1v) is 13.3. The molecule has 2 fully saturated rings. The lowest BCUT2D eigenvalue weighted by molar-refractivity contribution is 0.313. The van der Waals surface area contributed by atoms with Crippen LogP contribution in [0.2, 0.25) is 0 Å². The average molecular weight is 542 g/mol. The second kappa shape index (κ2) is 10.5. The largest absolute Gasteiger partial charge is 0.404 e. The number of hydrogen-bond acceptors (Lipinski definition) is 8. The molecule has 0 unspecified atom stereocenters. The molecule has 0 saturated carbocycles. The van der Waals surface area contributed by atoms with Crippen LogP contribution < -0.4 is 15.5 Å². The Kier molecular flexibility index (Phi) is 6.77. The van der Waals surface area contributed by atoms with E-state index in [1.807, 2.05) is 17.0 Å². The lowest BCUT2D eigenvalue weighted by atomic mass is 10.0. The summed E-state index contributed by atoms with van der Waals surface area (Å²) >= 11 is 0. The van der Waals surface area contributed by atoms with Crippen LogP contribution in [0.15, 0.2) is 48.8 Å². The summed E-state index contributed by atoms with van der Waals surface area (Å²) in [5, 5.41) is 9.85. The number of benzene rings is 2. The molecule has 4 heterocycles. The van der Waals surface area contributed by atoms with Gasteiger partial charge in [-0.05, 0) is 56.3 Å². The first-order chi connectivity index (χ1) is 19.4. The topological polar surface area (TPSA) is 114 Å². The molecule has 11 heteroatoms. The fraction of sp³-hybridized carbons (Fsp3) is 0.310. The molecule has 2 aliphatic heterocycles. The van der Waals surface area contributed by atoms with Crippen LogP contribution in [0.25, 0.3) is 16.6 Å². The van der Waals surface area contributed by atoms with Crippen molar-refractivity contribution in [2.24, 2.45) is 5.73 Å². The van der Waals surface area contributed by atoms with Crippen LogP contribution in [0.1, 0.15) is 41.7 Å². The number of nitrogens with one attached hydrogen (secondary N) is 1. The number of nitrogens with two attached hydrogens (primary N) is 1. The van der Waals surface area contributed by atoms with Gasteiger partial charge < -0.3 is 25.4 Å². The molecule has 4 aromatic rings. The van der Waals surface area contributed by atoms with E-state index in [0.29, 0.717) is 58.2 Å². The summed E-state index contributed by atoms with van der Waals surface area (Å²) in [6.45, 7) is 4.16. The molecule has 0 aliphatic carbocycles. The maximum absolute atomic E-state index is 14.6. The molecule has 9 nitrogen and oxygen atoms in total. The summed E-state index contributed by atoms with van der Waals surface area (Å²) in [6, 6.07) is 11.0. The van der Waals surface area contributed by atoms with Gasteiger partial charge in [-0.1, -0.05) is 0 Å². The SMILES string of the molecule is CN1CCN(c2cc3nc(C(=CN)c4nccc(N5CCC[C@@H]5c5cc(F)ccc5F)n4)[nH]c3cc2C#N)CC1. The van der Waals surface area contributed by atoms with Gasteiger partial charge in [0.05, 0.1) is 33.9 Å². The number of nitriles is 1. The highest BCUT2D eigenvalue weighted by atomic mass is 19.1. The third kappa shape index (κ3) is 4.71. The van der Waals surface area contributed by atoms with Crippen molar-refractivity contribution in [3.63, 3.8) is 0 Å². The van der Waals surface area contributed by atoms with E-state index < -0.39 is 11.6 Å². The Hall–Kier alpha value is -4.56. The van der Waals surface area contributed by atoms with Gasteiger partial charge in [0.15, 0.2) is 5.82 Å². The molecule has 2 saturated heterocycles. The molecule has 2 aromatic carbocycles. The molecule has 3 N–H and O–H groups in total. The Morgan fingerprint density at radius 3 is 2.70 bits per heavy atom. The van der Waals surface area contributed by atoms with Crippen molar-refractivity contribution in [3.8, 4) is 6.07 Å². The number of aromatic nitrogens is 4. The van der Waals surface area contributed by atoms with Crippen LogP contribution in [-0.4, -0.2) is 64.6 Å². The molecule has 2 aromatic heterocycles. The van der Waals surface area contributed by atoms with Gasteiger partial charge in [0, 0.05) is 50.7 Å². The number of H-pyrrole nitrogens is 1. The minimum absolute atomic E-state index is 0.314. The highest BCUT2D eigenvalue weighted by Crippen LogP contribution is 2.37. The number of nitrogens with zero attached hydrogens (tertiary/aromatic N) is 7. The molecule has 0 radical (unpaired) electrons. The third-order valence-electron chi connectivity index (χ3n) is 7.73. The number of imidazole rings is 1. The van der Waals surface area contributed by atoms with E-state index in [9.17, 15) is 14.0 Å². The quantitative estimate of drug-likeness (QED) is 0.391. The van der Waals surface area contributed by atoms with E-state index in [4.69, 9.17) is 15.7 Å². The van der Waals surface area contributed by atoms with Gasteiger partial charge in [-0.15, -0.1) is 0 Å². The number of likely N-dealkylation sites (N-methyl/N-ethyl adjacent to an activating group) is 1. The van der Waals surface area contributed by atoms with Crippen LogP contribution in [0.4, 0.5) is 20.3 Å². The van der Waals surface area contributed by atoms with Gasteiger partial charge in [0.2, 0.25) is 0 Å². The van der Waals surface area contributed by atoms with Gasteiger partial charge in [-0.2, -0.15) is 5.26 Å². The third-order valence-corrected chi connectivity index (χ3v) is 7.73. The molecule has 204 valence electrons. The van der Waals surface area contributed by atoms with E-state index in [-0.39, 0.29) is 6.04 Å². The van der Waals surface area contributed by atoms with Gasteiger partial charge in [-0.25, -0.2) is 23.7 Å². The first-order valence-electron chi connectivity index (χ1n) is 13.3. The predicted octanol–water partition coefficient (Wildman–Crippen LogP) is 3.94. The number of aromatic amines is 1. The molecule has 0 bridgehead atoms. The van der Waals surface area contributed by atoms with Crippen molar-refractivity contribution >= 4 is 28.1 Å². The zero-order chi connectivity index (χ0) is 27.8. The van der Waals surface area contributed by atoms with Crippen molar-refractivity contribution in [1.82, 2.24) is 24.8 Å². The fourth-order valence-electron chi connectivity index (χ4n) is 5.60. The second-order valence-electron chi connectivity index (χ2n) is 10.2. The average Bonchev–Trinajstić information content (AvgIpc) is 3.62. The highest BCUT2D eigenvalue weighted by Gasteiger charge is 2.30. The van der Waals surface area contributed by atoms with Crippen LogP contribution in [-0.2, 0) is 0 Å². The van der Waals surface area contributed by atoms with Gasteiger partial charge in [0.1, 0.15) is 29.3 Å². The Balaban J connectivity index is 1.33. The van der Waals surface area contributed by atoms with E-state index in [0.717, 1.165) is 50.4 Å². The summed E-state index contributed by atoms with van der Waals surface area (Å²) < 4.78 is 28.6. The van der Waals surface area contributed by atoms with Gasteiger partial charge >= 0.3 is 0 Å². The van der Waals surface area contributed by atoms with Crippen molar-refractivity contribution in [2.45, 2.75) is 18.9 Å². The zero-order valence-corrected chi connectivity index (χ0v) is 22.1. The van der Waals surface area contributed by atoms with Crippen LogP contribution in [0.3, 0.4) is 0 Å². The Bertz CT molecular complexity index is 1630. The zero-order valence-electron chi connectivity index (χ0n) is 22.1. The van der Waals surface area contributed by atoms with Crippen LogP contribution in [0.5, 0.6) is 0 Å². The van der Waals surface area contributed by atoms with Crippen LogP contribution >= 0.6 is 0 Å². The lowest BCUT2D eigenvalue weighted by Gasteiger charge is -2.34. The monoisotopic (exact) mass is 541 g/mol. The second-order valence-corrected chi connectivity index (χ2v) is 10.2. The summed E-state index contributed by atoms with van der Waals surface area (Å²) in [7, 11) is 2.09. The summed E-state index contributed by atoms with van der Waals surface area (Å²) in [4.78, 5) is 23.7. The molecule has 1 atom stereocenters. The number of halogens is 2. The first kappa shape index (κ1) is 25.7. The molecule has 0 amide bonds. The molecule has 6 rings (SSSR count).